The first-order chi connectivity index (χ1) is 19.5. The molecule has 4 fully saturated rings. The quantitative estimate of drug-likeness (QED) is 0.113. The smallest absolute Gasteiger partial charge is 0.187 e. The van der Waals surface area contributed by atoms with E-state index in [0.29, 0.717) is 0 Å². The fourth-order valence-electron chi connectivity index (χ4n) is 5.13. The van der Waals surface area contributed by atoms with E-state index < -0.39 is 118 Å². The minimum absolute atomic E-state index is 0.0488. The Kier molecular flexibility index (Phi) is 11.7. The molecular formula is C24H42O17. The first-order valence-corrected chi connectivity index (χ1v) is 13.6. The van der Waals surface area contributed by atoms with Gasteiger partial charge in [0.15, 0.2) is 25.2 Å². The van der Waals surface area contributed by atoms with E-state index in [4.69, 9.17) is 37.9 Å². The van der Waals surface area contributed by atoms with E-state index >= 15 is 0 Å². The van der Waals surface area contributed by atoms with Crippen molar-refractivity contribution in [3.05, 3.63) is 0 Å². The van der Waals surface area contributed by atoms with Crippen LogP contribution in [0.25, 0.3) is 0 Å². The molecule has 0 bridgehead atoms. The van der Waals surface area contributed by atoms with Crippen LogP contribution in [0.5, 0.6) is 0 Å². The summed E-state index contributed by atoms with van der Waals surface area (Å²) in [5, 5.41) is 91.5. The number of aliphatic hydroxyl groups is 9. The second-order valence-electron chi connectivity index (χ2n) is 10.7. The largest absolute Gasteiger partial charge is 0.394 e. The molecule has 4 aliphatic rings. The van der Waals surface area contributed by atoms with Crippen molar-refractivity contribution in [3.8, 4) is 0 Å². The Balaban J connectivity index is 1.54. The Morgan fingerprint density at radius 2 is 1.37 bits per heavy atom. The minimum Gasteiger partial charge on any atom is -0.394 e. The van der Waals surface area contributed by atoms with Crippen molar-refractivity contribution in [2.75, 3.05) is 26.4 Å². The average molecular weight is 603 g/mol. The lowest BCUT2D eigenvalue weighted by Gasteiger charge is -2.48. The summed E-state index contributed by atoms with van der Waals surface area (Å²) in [7, 11) is 0. The van der Waals surface area contributed by atoms with Gasteiger partial charge in [0.1, 0.15) is 61.0 Å². The molecule has 17 heteroatoms. The highest BCUT2D eigenvalue weighted by Crippen LogP contribution is 2.34. The third kappa shape index (κ3) is 7.35. The fraction of sp³-hybridized carbons (Fsp3) is 1.00. The van der Waals surface area contributed by atoms with E-state index in [0.717, 1.165) is 0 Å². The van der Waals surface area contributed by atoms with Gasteiger partial charge in [-0.15, -0.1) is 0 Å². The SMILES string of the molecule is CC1OC(OC2C(O)C(OC(CO)C3OCC(CO)O3)OC(C)C2OC2OC(CO)C(O)C(O)C2O)C(O)CC1O. The molecule has 41 heavy (non-hydrogen) atoms. The highest BCUT2D eigenvalue weighted by Gasteiger charge is 2.53. The predicted molar refractivity (Wildman–Crippen MR) is 128 cm³/mol. The molecule has 17 nitrogen and oxygen atoms in total. The van der Waals surface area contributed by atoms with Crippen LogP contribution in [0.15, 0.2) is 0 Å². The summed E-state index contributed by atoms with van der Waals surface area (Å²) >= 11 is 0. The Morgan fingerprint density at radius 3 is 2.00 bits per heavy atom. The van der Waals surface area contributed by atoms with Crippen LogP contribution in [-0.4, -0.2) is 177 Å². The summed E-state index contributed by atoms with van der Waals surface area (Å²) in [6, 6.07) is 0. The van der Waals surface area contributed by atoms with Gasteiger partial charge in [-0.05, 0) is 13.8 Å². The Hall–Kier alpha value is -0.680. The van der Waals surface area contributed by atoms with Gasteiger partial charge in [0, 0.05) is 6.42 Å². The van der Waals surface area contributed by atoms with Crippen LogP contribution in [-0.2, 0) is 37.9 Å². The molecule has 0 aliphatic carbocycles. The van der Waals surface area contributed by atoms with E-state index in [1.54, 1.807) is 6.92 Å². The van der Waals surface area contributed by atoms with Crippen molar-refractivity contribution in [1.29, 1.82) is 0 Å². The van der Waals surface area contributed by atoms with Crippen LogP contribution in [0.4, 0.5) is 0 Å². The summed E-state index contributed by atoms with van der Waals surface area (Å²) in [6.45, 7) is 1.49. The van der Waals surface area contributed by atoms with Gasteiger partial charge in [0.25, 0.3) is 0 Å². The van der Waals surface area contributed by atoms with Crippen molar-refractivity contribution in [2.24, 2.45) is 0 Å². The second kappa shape index (κ2) is 14.4. The summed E-state index contributed by atoms with van der Waals surface area (Å²) < 4.78 is 45.4. The van der Waals surface area contributed by atoms with Crippen LogP contribution in [0.2, 0.25) is 0 Å². The molecule has 4 heterocycles. The molecule has 4 saturated heterocycles. The lowest BCUT2D eigenvalue weighted by molar-refractivity contribution is -0.385. The van der Waals surface area contributed by atoms with Gasteiger partial charge in [-0.25, -0.2) is 0 Å². The number of hydrogen-bond donors (Lipinski definition) is 9. The summed E-state index contributed by atoms with van der Waals surface area (Å²) in [4.78, 5) is 0. The van der Waals surface area contributed by atoms with Crippen molar-refractivity contribution >= 4 is 0 Å². The van der Waals surface area contributed by atoms with Gasteiger partial charge >= 0.3 is 0 Å². The van der Waals surface area contributed by atoms with Crippen molar-refractivity contribution in [2.45, 2.75) is 125 Å². The van der Waals surface area contributed by atoms with Gasteiger partial charge in [-0.1, -0.05) is 0 Å². The average Bonchev–Trinajstić information content (AvgIpc) is 3.43. The minimum atomic E-state index is -1.77. The number of ether oxygens (including phenoxy) is 8. The van der Waals surface area contributed by atoms with E-state index in [9.17, 15) is 46.0 Å². The zero-order valence-electron chi connectivity index (χ0n) is 22.6. The second-order valence-corrected chi connectivity index (χ2v) is 10.7. The Labute approximate surface area is 235 Å². The third-order valence-electron chi connectivity index (χ3n) is 7.64. The van der Waals surface area contributed by atoms with Gasteiger partial charge < -0.3 is 83.9 Å². The fourth-order valence-corrected chi connectivity index (χ4v) is 5.13. The van der Waals surface area contributed by atoms with Crippen molar-refractivity contribution in [3.63, 3.8) is 0 Å². The Morgan fingerprint density at radius 1 is 0.683 bits per heavy atom. The molecule has 17 unspecified atom stereocenters. The zero-order valence-corrected chi connectivity index (χ0v) is 22.6. The predicted octanol–water partition coefficient (Wildman–Crippen LogP) is -5.37. The highest BCUT2D eigenvalue weighted by molar-refractivity contribution is 4.95. The maximum atomic E-state index is 11.3. The summed E-state index contributed by atoms with van der Waals surface area (Å²) in [6.07, 6.45) is -22.2. The van der Waals surface area contributed by atoms with Crippen molar-refractivity contribution < 1.29 is 83.9 Å². The molecule has 4 aliphatic heterocycles. The summed E-state index contributed by atoms with van der Waals surface area (Å²) in [5.41, 5.74) is 0. The van der Waals surface area contributed by atoms with E-state index in [1.807, 2.05) is 0 Å². The lowest BCUT2D eigenvalue weighted by Crippen LogP contribution is -2.65. The van der Waals surface area contributed by atoms with Crippen LogP contribution in [0.3, 0.4) is 0 Å². The number of hydrogen-bond acceptors (Lipinski definition) is 17. The molecule has 0 amide bonds. The van der Waals surface area contributed by atoms with Gasteiger partial charge in [0.05, 0.1) is 44.7 Å². The number of aliphatic hydroxyl groups excluding tert-OH is 9. The maximum absolute atomic E-state index is 11.3. The summed E-state index contributed by atoms with van der Waals surface area (Å²) in [5.74, 6) is 0. The van der Waals surface area contributed by atoms with Crippen LogP contribution < -0.4 is 0 Å². The molecular weight excluding hydrogens is 560 g/mol. The monoisotopic (exact) mass is 602 g/mol. The maximum Gasteiger partial charge on any atom is 0.187 e. The third-order valence-corrected chi connectivity index (χ3v) is 7.64. The van der Waals surface area contributed by atoms with Crippen LogP contribution >= 0.6 is 0 Å². The first kappa shape index (κ1) is 33.2. The highest BCUT2D eigenvalue weighted by atomic mass is 16.8. The van der Waals surface area contributed by atoms with Gasteiger partial charge in [0.2, 0.25) is 0 Å². The molecule has 0 saturated carbocycles. The molecule has 9 N–H and O–H groups in total. The molecule has 17 atom stereocenters. The molecule has 0 aromatic heterocycles. The zero-order chi connectivity index (χ0) is 30.0. The van der Waals surface area contributed by atoms with Crippen LogP contribution in [0.1, 0.15) is 20.3 Å². The molecule has 4 rings (SSSR count). The normalized spacial score (nSPS) is 50.1. The van der Waals surface area contributed by atoms with Gasteiger partial charge in [-0.3, -0.25) is 0 Å². The molecule has 0 spiro atoms. The topological polar surface area (TPSA) is 256 Å². The van der Waals surface area contributed by atoms with Gasteiger partial charge in [-0.2, -0.15) is 0 Å². The van der Waals surface area contributed by atoms with Crippen molar-refractivity contribution in [1.82, 2.24) is 0 Å². The standard InChI is InChI=1S/C24H42O17/c1-8-11(28)3-12(29)21(35-8)41-20-18(33)24(39-14(6-27)22-34-7-10(4-25)37-22)36-9(2)19(20)40-23-17(32)16(31)15(30)13(5-26)38-23/h8-33H,3-7H2,1-2H3. The van der Waals surface area contributed by atoms with E-state index in [-0.39, 0.29) is 19.6 Å². The lowest BCUT2D eigenvalue weighted by atomic mass is 9.96. The molecule has 0 radical (unpaired) electrons. The van der Waals surface area contributed by atoms with E-state index in [2.05, 4.69) is 0 Å². The number of rotatable bonds is 10. The van der Waals surface area contributed by atoms with E-state index in [1.165, 1.54) is 6.92 Å². The first-order valence-electron chi connectivity index (χ1n) is 13.6. The molecule has 0 aromatic carbocycles. The molecule has 0 aromatic rings. The Bertz CT molecular complexity index is 806. The van der Waals surface area contributed by atoms with Crippen LogP contribution in [0, 0.1) is 0 Å². The molecule has 240 valence electrons.